The molecule has 0 bridgehead atoms. The Hall–Kier alpha value is -1.68. The van der Waals surface area contributed by atoms with Gasteiger partial charge in [-0.2, -0.15) is 0 Å². The van der Waals surface area contributed by atoms with E-state index < -0.39 is 0 Å². The van der Waals surface area contributed by atoms with Crippen molar-refractivity contribution in [2.24, 2.45) is 0 Å². The first-order chi connectivity index (χ1) is 7.88. The molecular formula is C15H18O. The zero-order valence-electron chi connectivity index (χ0n) is 9.78. The zero-order valence-corrected chi connectivity index (χ0v) is 9.78. The Kier molecular flexibility index (Phi) is 5.88. The van der Waals surface area contributed by atoms with Crippen LogP contribution in [-0.4, -0.2) is 0 Å². The van der Waals surface area contributed by atoms with Gasteiger partial charge >= 0.3 is 0 Å². The summed E-state index contributed by atoms with van der Waals surface area (Å²) >= 11 is 0. The van der Waals surface area contributed by atoms with Gasteiger partial charge in [-0.25, -0.2) is 0 Å². The van der Waals surface area contributed by atoms with E-state index in [9.17, 15) is 0 Å². The van der Waals surface area contributed by atoms with Gasteiger partial charge in [0.05, 0.1) is 6.26 Å². The maximum Gasteiger partial charge on any atom is 0.183 e. The summed E-state index contributed by atoms with van der Waals surface area (Å²) in [5, 5.41) is 0. The smallest absolute Gasteiger partial charge is 0.183 e. The molecule has 1 heteroatoms. The van der Waals surface area contributed by atoms with E-state index in [1.165, 1.54) is 12.7 Å². The number of hydrogen-bond acceptors (Lipinski definition) is 1. The third-order valence-corrected chi connectivity index (χ3v) is 2.22. The third kappa shape index (κ3) is 4.23. The highest BCUT2D eigenvalue weighted by Gasteiger charge is 2.05. The highest BCUT2D eigenvalue weighted by atomic mass is 16.5. The van der Waals surface area contributed by atoms with E-state index in [0.717, 1.165) is 18.4 Å². The third-order valence-electron chi connectivity index (χ3n) is 2.22. The van der Waals surface area contributed by atoms with Crippen molar-refractivity contribution in [3.05, 3.63) is 48.7 Å². The van der Waals surface area contributed by atoms with Crippen molar-refractivity contribution >= 4 is 0 Å². The van der Waals surface area contributed by atoms with Crippen LogP contribution in [0.25, 0.3) is 0 Å². The van der Waals surface area contributed by atoms with E-state index in [-0.39, 0.29) is 6.10 Å². The second-order valence-electron chi connectivity index (χ2n) is 3.52. The summed E-state index contributed by atoms with van der Waals surface area (Å²) in [6.07, 6.45) is 4.51. The van der Waals surface area contributed by atoms with Crippen molar-refractivity contribution in [2.45, 2.75) is 32.3 Å². The summed E-state index contributed by atoms with van der Waals surface area (Å²) < 4.78 is 5.40. The minimum Gasteiger partial charge on any atom is -0.481 e. The molecule has 0 aromatic heterocycles. The second-order valence-corrected chi connectivity index (χ2v) is 3.52. The summed E-state index contributed by atoms with van der Waals surface area (Å²) in [5.41, 5.74) is 1.08. The highest BCUT2D eigenvalue weighted by Crippen LogP contribution is 2.16. The maximum atomic E-state index is 5.40. The lowest BCUT2D eigenvalue weighted by Gasteiger charge is -2.09. The SMILES string of the molecule is C=CO[C@@H](C#CCCCC)c1ccccc1. The summed E-state index contributed by atoms with van der Waals surface area (Å²) in [5.74, 6) is 6.28. The summed E-state index contributed by atoms with van der Waals surface area (Å²) in [6.45, 7) is 5.74. The Morgan fingerprint density at radius 2 is 2.12 bits per heavy atom. The highest BCUT2D eigenvalue weighted by molar-refractivity contribution is 5.25. The molecule has 0 heterocycles. The van der Waals surface area contributed by atoms with Gasteiger partial charge in [-0.1, -0.05) is 62.1 Å². The van der Waals surface area contributed by atoms with Gasteiger partial charge in [-0.15, -0.1) is 0 Å². The van der Waals surface area contributed by atoms with Crippen molar-refractivity contribution in [3.8, 4) is 11.8 Å². The van der Waals surface area contributed by atoms with Crippen molar-refractivity contribution in [1.82, 2.24) is 0 Å². The molecule has 0 fully saturated rings. The van der Waals surface area contributed by atoms with Crippen LogP contribution in [0, 0.1) is 11.8 Å². The van der Waals surface area contributed by atoms with Gasteiger partial charge in [-0.05, 0) is 6.42 Å². The molecule has 1 atom stereocenters. The van der Waals surface area contributed by atoms with Gasteiger partial charge in [0.2, 0.25) is 0 Å². The molecule has 0 spiro atoms. The predicted molar refractivity (Wildman–Crippen MR) is 67.8 cm³/mol. The molecule has 16 heavy (non-hydrogen) atoms. The van der Waals surface area contributed by atoms with Crippen LogP contribution in [0.2, 0.25) is 0 Å². The van der Waals surface area contributed by atoms with E-state index in [1.54, 1.807) is 0 Å². The summed E-state index contributed by atoms with van der Waals surface area (Å²) in [4.78, 5) is 0. The number of unbranched alkanes of at least 4 members (excludes halogenated alkanes) is 2. The van der Waals surface area contributed by atoms with Crippen LogP contribution < -0.4 is 0 Å². The molecule has 0 saturated carbocycles. The number of hydrogen-bond donors (Lipinski definition) is 0. The lowest BCUT2D eigenvalue weighted by molar-refractivity contribution is 0.199. The fourth-order valence-corrected chi connectivity index (χ4v) is 1.35. The summed E-state index contributed by atoms with van der Waals surface area (Å²) in [6, 6.07) is 10.00. The Morgan fingerprint density at radius 1 is 1.38 bits per heavy atom. The summed E-state index contributed by atoms with van der Waals surface area (Å²) in [7, 11) is 0. The van der Waals surface area contributed by atoms with Crippen molar-refractivity contribution in [3.63, 3.8) is 0 Å². The molecule has 0 radical (unpaired) electrons. The van der Waals surface area contributed by atoms with E-state index in [4.69, 9.17) is 4.74 Å². The molecule has 1 nitrogen and oxygen atoms in total. The molecule has 0 aliphatic rings. The second kappa shape index (κ2) is 7.59. The molecule has 1 rings (SSSR count). The first kappa shape index (κ1) is 12.4. The van der Waals surface area contributed by atoms with E-state index >= 15 is 0 Å². The molecule has 84 valence electrons. The molecule has 0 unspecified atom stereocenters. The van der Waals surface area contributed by atoms with Gasteiger partial charge in [0.25, 0.3) is 0 Å². The lowest BCUT2D eigenvalue weighted by Crippen LogP contribution is -1.96. The fraction of sp³-hybridized carbons (Fsp3) is 0.333. The average Bonchev–Trinajstić information content (AvgIpc) is 2.34. The van der Waals surface area contributed by atoms with Crippen LogP contribution in [0.1, 0.15) is 37.9 Å². The minimum atomic E-state index is -0.185. The molecule has 0 aliphatic heterocycles. The maximum absolute atomic E-state index is 5.40. The molecule has 0 amide bonds. The number of benzene rings is 1. The number of rotatable bonds is 5. The van der Waals surface area contributed by atoms with Gasteiger partial charge in [-0.3, -0.25) is 0 Å². The predicted octanol–water partition coefficient (Wildman–Crippen LogP) is 4.08. The Labute approximate surface area is 98.1 Å². The molecule has 0 aliphatic carbocycles. The molecular weight excluding hydrogens is 196 g/mol. The van der Waals surface area contributed by atoms with Crippen LogP contribution >= 0.6 is 0 Å². The van der Waals surface area contributed by atoms with Crippen molar-refractivity contribution < 1.29 is 4.74 Å². The molecule has 1 aromatic carbocycles. The van der Waals surface area contributed by atoms with Crippen LogP contribution in [0.5, 0.6) is 0 Å². The van der Waals surface area contributed by atoms with Crippen molar-refractivity contribution in [1.29, 1.82) is 0 Å². The van der Waals surface area contributed by atoms with Gasteiger partial charge < -0.3 is 4.74 Å². The standard InChI is InChI=1S/C15H18O/c1-3-5-6-10-13-15(16-4-2)14-11-8-7-9-12-14/h4,7-9,11-12,15H,2-3,5-6H2,1H3/t15-/m0/s1. The Morgan fingerprint density at radius 3 is 2.75 bits per heavy atom. The topological polar surface area (TPSA) is 9.23 Å². The molecule has 1 aromatic rings. The van der Waals surface area contributed by atoms with Crippen LogP contribution in [-0.2, 0) is 4.74 Å². The molecule has 0 saturated heterocycles. The van der Waals surface area contributed by atoms with Crippen LogP contribution in [0.4, 0.5) is 0 Å². The normalized spacial score (nSPS) is 11.1. The van der Waals surface area contributed by atoms with E-state index in [2.05, 4.69) is 25.3 Å². The van der Waals surface area contributed by atoms with Crippen molar-refractivity contribution in [2.75, 3.05) is 0 Å². The number of ether oxygens (including phenoxy) is 1. The first-order valence-corrected chi connectivity index (χ1v) is 5.68. The largest absolute Gasteiger partial charge is 0.481 e. The van der Waals surface area contributed by atoms with Crippen LogP contribution in [0.15, 0.2) is 43.2 Å². The lowest BCUT2D eigenvalue weighted by atomic mass is 10.1. The zero-order chi connectivity index (χ0) is 11.6. The first-order valence-electron chi connectivity index (χ1n) is 5.68. The van der Waals surface area contributed by atoms with E-state index in [1.807, 2.05) is 30.3 Å². The van der Waals surface area contributed by atoms with Gasteiger partial charge in [0.1, 0.15) is 0 Å². The quantitative estimate of drug-likeness (QED) is 0.407. The Bertz CT molecular complexity index is 356. The Balaban J connectivity index is 2.66. The van der Waals surface area contributed by atoms with Gasteiger partial charge in [0.15, 0.2) is 6.10 Å². The average molecular weight is 214 g/mol. The minimum absolute atomic E-state index is 0.185. The van der Waals surface area contributed by atoms with Crippen LogP contribution in [0.3, 0.4) is 0 Å². The monoisotopic (exact) mass is 214 g/mol. The fourth-order valence-electron chi connectivity index (χ4n) is 1.35. The van der Waals surface area contributed by atoms with Gasteiger partial charge in [0, 0.05) is 12.0 Å². The molecule has 0 N–H and O–H groups in total. The van der Waals surface area contributed by atoms with E-state index in [0.29, 0.717) is 0 Å².